The Kier molecular flexibility index (Phi) is 3.08. The molecule has 16 heavy (non-hydrogen) atoms. The highest BCUT2D eigenvalue weighted by molar-refractivity contribution is 7.08. The third-order valence-corrected chi connectivity index (χ3v) is 3.35. The normalized spacial score (nSPS) is 14.7. The highest BCUT2D eigenvalue weighted by atomic mass is 32.1. The molecule has 2 rings (SSSR count). The molecule has 0 spiro atoms. The molecule has 0 bridgehead atoms. The van der Waals surface area contributed by atoms with Crippen LogP contribution in [0.15, 0.2) is 41.1 Å². The first kappa shape index (κ1) is 11.3. The Labute approximate surface area is 98.7 Å². The monoisotopic (exact) mass is 235 g/mol. The Hall–Kier alpha value is -1.19. The highest BCUT2D eigenvalue weighted by Crippen LogP contribution is 2.24. The van der Waals surface area contributed by atoms with Crippen molar-refractivity contribution < 1.29 is 4.39 Å². The fraction of sp³-hybridized carbons (Fsp3) is 0.231. The van der Waals surface area contributed by atoms with Crippen LogP contribution < -0.4 is 5.73 Å². The fourth-order valence-corrected chi connectivity index (χ4v) is 2.52. The molecule has 0 aliphatic carbocycles. The summed E-state index contributed by atoms with van der Waals surface area (Å²) < 4.78 is 12.8. The maximum Gasteiger partial charge on any atom is 0.123 e. The lowest BCUT2D eigenvalue weighted by Crippen LogP contribution is -2.34. The summed E-state index contributed by atoms with van der Waals surface area (Å²) in [6.07, 6.45) is 0.712. The van der Waals surface area contributed by atoms with Gasteiger partial charge in [0.25, 0.3) is 0 Å². The third-order valence-electron chi connectivity index (χ3n) is 2.67. The van der Waals surface area contributed by atoms with Crippen molar-refractivity contribution in [2.45, 2.75) is 18.9 Å². The van der Waals surface area contributed by atoms with E-state index in [9.17, 15) is 4.39 Å². The first-order valence-corrected chi connectivity index (χ1v) is 6.08. The zero-order valence-corrected chi connectivity index (χ0v) is 9.93. The van der Waals surface area contributed by atoms with Gasteiger partial charge in [0.05, 0.1) is 0 Å². The van der Waals surface area contributed by atoms with Gasteiger partial charge in [-0.1, -0.05) is 12.1 Å². The van der Waals surface area contributed by atoms with Gasteiger partial charge >= 0.3 is 0 Å². The van der Waals surface area contributed by atoms with Gasteiger partial charge in [-0.05, 0) is 53.4 Å². The molecule has 0 aliphatic rings. The van der Waals surface area contributed by atoms with Crippen LogP contribution in [0.3, 0.4) is 0 Å². The summed E-state index contributed by atoms with van der Waals surface area (Å²) in [5.41, 5.74) is 8.05. The molecule has 1 heterocycles. The second kappa shape index (κ2) is 4.36. The van der Waals surface area contributed by atoms with Crippen molar-refractivity contribution in [3.05, 3.63) is 58.0 Å². The predicted octanol–water partition coefficient (Wildman–Crippen LogP) is 3.30. The number of thiophene rings is 1. The molecule has 3 heteroatoms. The van der Waals surface area contributed by atoms with E-state index in [0.717, 1.165) is 11.1 Å². The molecule has 0 saturated heterocycles. The van der Waals surface area contributed by atoms with Crippen LogP contribution in [-0.2, 0) is 12.0 Å². The number of halogens is 1. The molecule has 0 fully saturated rings. The number of benzene rings is 1. The van der Waals surface area contributed by atoms with Gasteiger partial charge in [0, 0.05) is 5.54 Å². The number of nitrogens with two attached hydrogens (primary N) is 1. The molecule has 0 radical (unpaired) electrons. The topological polar surface area (TPSA) is 26.0 Å². The predicted molar refractivity (Wildman–Crippen MR) is 66.0 cm³/mol. The Balaban J connectivity index is 2.18. The van der Waals surface area contributed by atoms with Crippen LogP contribution in [0.25, 0.3) is 0 Å². The van der Waals surface area contributed by atoms with Crippen molar-refractivity contribution in [1.82, 2.24) is 0 Å². The summed E-state index contributed by atoms with van der Waals surface area (Å²) in [6.45, 7) is 2.00. The Morgan fingerprint density at radius 3 is 2.50 bits per heavy atom. The lowest BCUT2D eigenvalue weighted by atomic mass is 9.88. The second-order valence-electron chi connectivity index (χ2n) is 4.23. The van der Waals surface area contributed by atoms with Gasteiger partial charge in [-0.2, -0.15) is 11.3 Å². The van der Waals surface area contributed by atoms with E-state index in [1.165, 1.54) is 12.1 Å². The van der Waals surface area contributed by atoms with Crippen LogP contribution >= 0.6 is 11.3 Å². The molecule has 84 valence electrons. The van der Waals surface area contributed by atoms with E-state index in [0.29, 0.717) is 6.42 Å². The molecular formula is C13H14FNS. The Morgan fingerprint density at radius 2 is 1.94 bits per heavy atom. The smallest absolute Gasteiger partial charge is 0.123 e. The van der Waals surface area contributed by atoms with Crippen LogP contribution in [0, 0.1) is 5.82 Å². The summed E-state index contributed by atoms with van der Waals surface area (Å²) in [6, 6.07) is 8.55. The zero-order valence-electron chi connectivity index (χ0n) is 9.11. The van der Waals surface area contributed by atoms with Crippen LogP contribution in [0.4, 0.5) is 4.39 Å². The molecule has 1 unspecified atom stereocenters. The second-order valence-corrected chi connectivity index (χ2v) is 5.01. The van der Waals surface area contributed by atoms with E-state index in [1.54, 1.807) is 23.5 Å². The molecule has 1 aromatic heterocycles. The van der Waals surface area contributed by atoms with Gasteiger partial charge in [0.2, 0.25) is 0 Å². The lowest BCUT2D eigenvalue weighted by molar-refractivity contribution is 0.492. The molecule has 0 saturated carbocycles. The molecule has 2 N–H and O–H groups in total. The molecule has 1 nitrogen and oxygen atoms in total. The Bertz CT molecular complexity index is 445. The molecule has 0 amide bonds. The molecular weight excluding hydrogens is 221 g/mol. The van der Waals surface area contributed by atoms with Gasteiger partial charge in [-0.25, -0.2) is 4.39 Å². The van der Waals surface area contributed by atoms with Crippen LogP contribution in [-0.4, -0.2) is 0 Å². The van der Waals surface area contributed by atoms with Crippen molar-refractivity contribution in [1.29, 1.82) is 0 Å². The SMILES string of the molecule is CC(N)(Cc1ccc(F)cc1)c1ccsc1. The first-order chi connectivity index (χ1) is 7.58. The van der Waals surface area contributed by atoms with E-state index < -0.39 is 5.54 Å². The van der Waals surface area contributed by atoms with Gasteiger partial charge in [-0.3, -0.25) is 0 Å². The minimum Gasteiger partial charge on any atom is -0.321 e. The van der Waals surface area contributed by atoms with Crippen molar-refractivity contribution in [2.75, 3.05) is 0 Å². The quantitative estimate of drug-likeness (QED) is 0.868. The summed E-state index contributed by atoms with van der Waals surface area (Å²) >= 11 is 1.64. The van der Waals surface area contributed by atoms with Crippen LogP contribution in [0.1, 0.15) is 18.1 Å². The lowest BCUT2D eigenvalue weighted by Gasteiger charge is -2.23. The molecule has 1 aromatic carbocycles. The van der Waals surface area contributed by atoms with Crippen molar-refractivity contribution in [3.63, 3.8) is 0 Å². The number of rotatable bonds is 3. The van der Waals surface area contributed by atoms with E-state index in [-0.39, 0.29) is 5.82 Å². The van der Waals surface area contributed by atoms with E-state index in [1.807, 2.05) is 18.4 Å². The van der Waals surface area contributed by atoms with E-state index in [4.69, 9.17) is 5.73 Å². The number of hydrogen-bond acceptors (Lipinski definition) is 2. The van der Waals surface area contributed by atoms with E-state index in [2.05, 4.69) is 5.38 Å². The molecule has 1 atom stereocenters. The van der Waals surface area contributed by atoms with Gasteiger partial charge in [-0.15, -0.1) is 0 Å². The highest BCUT2D eigenvalue weighted by Gasteiger charge is 2.21. The maximum atomic E-state index is 12.8. The fourth-order valence-electron chi connectivity index (χ4n) is 1.72. The average molecular weight is 235 g/mol. The summed E-state index contributed by atoms with van der Waals surface area (Å²) in [5.74, 6) is -0.210. The summed E-state index contributed by atoms with van der Waals surface area (Å²) in [5, 5.41) is 4.08. The number of hydrogen-bond donors (Lipinski definition) is 1. The van der Waals surface area contributed by atoms with Gasteiger partial charge in [0.15, 0.2) is 0 Å². The third kappa shape index (κ3) is 2.49. The van der Waals surface area contributed by atoms with Gasteiger partial charge < -0.3 is 5.73 Å². The molecule has 2 aromatic rings. The largest absolute Gasteiger partial charge is 0.321 e. The van der Waals surface area contributed by atoms with Crippen molar-refractivity contribution in [3.8, 4) is 0 Å². The van der Waals surface area contributed by atoms with Gasteiger partial charge in [0.1, 0.15) is 5.82 Å². The summed E-state index contributed by atoms with van der Waals surface area (Å²) in [4.78, 5) is 0. The summed E-state index contributed by atoms with van der Waals surface area (Å²) in [7, 11) is 0. The zero-order chi connectivity index (χ0) is 11.6. The molecule has 0 aliphatic heterocycles. The maximum absolute atomic E-state index is 12.8. The first-order valence-electron chi connectivity index (χ1n) is 5.14. The van der Waals surface area contributed by atoms with Crippen molar-refractivity contribution >= 4 is 11.3 Å². The standard InChI is InChI=1S/C13H14FNS/c1-13(15,11-6-7-16-9-11)8-10-2-4-12(14)5-3-10/h2-7,9H,8,15H2,1H3. The minimum absolute atomic E-state index is 0.210. The average Bonchev–Trinajstić information content (AvgIpc) is 2.75. The van der Waals surface area contributed by atoms with E-state index >= 15 is 0 Å². The Morgan fingerprint density at radius 1 is 1.25 bits per heavy atom. The van der Waals surface area contributed by atoms with Crippen LogP contribution in [0.5, 0.6) is 0 Å². The minimum atomic E-state index is -0.391. The van der Waals surface area contributed by atoms with Crippen molar-refractivity contribution in [2.24, 2.45) is 5.73 Å². The van der Waals surface area contributed by atoms with Crippen LogP contribution in [0.2, 0.25) is 0 Å².